The molecule has 0 N–H and O–H groups in total. The molecule has 2 rings (SSSR count). The van der Waals surface area contributed by atoms with E-state index in [2.05, 4.69) is 29.3 Å². The summed E-state index contributed by atoms with van der Waals surface area (Å²) in [6, 6.07) is 14.5. The normalized spacial score (nSPS) is 11.5. The largest absolute Gasteiger partial charge is 0.207 e. The number of nitrogens with zero attached hydrogens (tertiary/aromatic N) is 2. The average molecular weight is 282 g/mol. The first-order chi connectivity index (χ1) is 10.3. The molecule has 3 heteroatoms. The highest BCUT2D eigenvalue weighted by molar-refractivity contribution is 5.82. The highest BCUT2D eigenvalue weighted by atomic mass is 19.1. The van der Waals surface area contributed by atoms with Gasteiger partial charge in [-0.1, -0.05) is 49.7 Å². The van der Waals surface area contributed by atoms with Crippen molar-refractivity contribution in [2.24, 2.45) is 10.2 Å². The number of hydrogen-bond acceptors (Lipinski definition) is 2. The minimum Gasteiger partial charge on any atom is -0.207 e. The standard InChI is InChI=1S/C18H19FN2/c1-2-3-4-15-5-7-16(8-6-15)13-20-21-14-17-9-11-18(19)12-10-17/h5-14H,2-4H2,1H3. The molecule has 21 heavy (non-hydrogen) atoms. The molecule has 0 bridgehead atoms. The van der Waals surface area contributed by atoms with Gasteiger partial charge in [-0.15, -0.1) is 0 Å². The minimum absolute atomic E-state index is 0.251. The van der Waals surface area contributed by atoms with Gasteiger partial charge >= 0.3 is 0 Å². The second-order valence-electron chi connectivity index (χ2n) is 4.89. The van der Waals surface area contributed by atoms with E-state index < -0.39 is 0 Å². The van der Waals surface area contributed by atoms with Crippen LogP contribution in [-0.2, 0) is 6.42 Å². The Bertz CT molecular complexity index is 598. The summed E-state index contributed by atoms with van der Waals surface area (Å²) in [6.07, 6.45) is 6.86. The van der Waals surface area contributed by atoms with Crippen LogP contribution >= 0.6 is 0 Å². The summed E-state index contributed by atoms with van der Waals surface area (Å²) >= 11 is 0. The van der Waals surface area contributed by atoms with Gasteiger partial charge < -0.3 is 0 Å². The van der Waals surface area contributed by atoms with Crippen molar-refractivity contribution in [3.05, 3.63) is 71.0 Å². The van der Waals surface area contributed by atoms with E-state index in [-0.39, 0.29) is 5.82 Å². The molecule has 0 aromatic heterocycles. The van der Waals surface area contributed by atoms with E-state index in [1.807, 2.05) is 12.1 Å². The lowest BCUT2D eigenvalue weighted by atomic mass is 10.1. The first-order valence-electron chi connectivity index (χ1n) is 7.19. The van der Waals surface area contributed by atoms with Crippen LogP contribution in [0.15, 0.2) is 58.7 Å². The Kier molecular flexibility index (Phi) is 5.83. The smallest absolute Gasteiger partial charge is 0.123 e. The molecule has 0 heterocycles. The Morgan fingerprint density at radius 2 is 1.38 bits per heavy atom. The Morgan fingerprint density at radius 1 is 0.857 bits per heavy atom. The first kappa shape index (κ1) is 15.1. The zero-order chi connectivity index (χ0) is 14.9. The Morgan fingerprint density at radius 3 is 1.90 bits per heavy atom. The summed E-state index contributed by atoms with van der Waals surface area (Å²) in [7, 11) is 0. The molecule has 0 amide bonds. The van der Waals surface area contributed by atoms with Crippen LogP contribution in [0, 0.1) is 5.82 Å². The molecule has 0 spiro atoms. The molecule has 108 valence electrons. The lowest BCUT2D eigenvalue weighted by Gasteiger charge is -1.99. The molecule has 0 aliphatic rings. The van der Waals surface area contributed by atoms with E-state index in [9.17, 15) is 4.39 Å². The van der Waals surface area contributed by atoms with Crippen molar-refractivity contribution < 1.29 is 4.39 Å². The van der Waals surface area contributed by atoms with Crippen LogP contribution < -0.4 is 0 Å². The van der Waals surface area contributed by atoms with Crippen molar-refractivity contribution in [1.82, 2.24) is 0 Å². The molecule has 2 nitrogen and oxygen atoms in total. The monoisotopic (exact) mass is 282 g/mol. The topological polar surface area (TPSA) is 24.7 Å². The van der Waals surface area contributed by atoms with E-state index in [1.54, 1.807) is 24.6 Å². The molecule has 0 aliphatic heterocycles. The summed E-state index contributed by atoms with van der Waals surface area (Å²) in [5, 5.41) is 7.96. The van der Waals surface area contributed by atoms with E-state index in [0.29, 0.717) is 0 Å². The first-order valence-corrected chi connectivity index (χ1v) is 7.19. The number of rotatable bonds is 6. The average Bonchev–Trinajstić information content (AvgIpc) is 2.52. The van der Waals surface area contributed by atoms with Crippen LogP contribution in [-0.4, -0.2) is 12.4 Å². The molecular weight excluding hydrogens is 263 g/mol. The van der Waals surface area contributed by atoms with E-state index in [1.165, 1.54) is 30.5 Å². The molecule has 0 saturated carbocycles. The quantitative estimate of drug-likeness (QED) is 0.545. The van der Waals surface area contributed by atoms with Gasteiger partial charge in [0.1, 0.15) is 5.82 Å². The van der Waals surface area contributed by atoms with Gasteiger partial charge in [0.2, 0.25) is 0 Å². The number of benzene rings is 2. The molecule has 0 unspecified atom stereocenters. The maximum absolute atomic E-state index is 12.7. The summed E-state index contributed by atoms with van der Waals surface area (Å²) in [6.45, 7) is 2.19. The molecule has 0 atom stereocenters. The Hall–Kier alpha value is -2.29. The van der Waals surface area contributed by atoms with Gasteiger partial charge in [-0.3, -0.25) is 0 Å². The Labute approximate surface area is 125 Å². The zero-order valence-corrected chi connectivity index (χ0v) is 12.2. The number of unbranched alkanes of at least 4 members (excludes halogenated alkanes) is 1. The minimum atomic E-state index is -0.251. The molecule has 0 aliphatic carbocycles. The van der Waals surface area contributed by atoms with Crippen LogP contribution in [0.25, 0.3) is 0 Å². The van der Waals surface area contributed by atoms with E-state index >= 15 is 0 Å². The van der Waals surface area contributed by atoms with Crippen molar-refractivity contribution in [2.75, 3.05) is 0 Å². The van der Waals surface area contributed by atoms with Gasteiger partial charge in [0.05, 0.1) is 12.4 Å². The molecule has 0 saturated heterocycles. The second-order valence-corrected chi connectivity index (χ2v) is 4.89. The fraction of sp³-hybridized carbons (Fsp3) is 0.222. The predicted octanol–water partition coefficient (Wildman–Crippen LogP) is 4.62. The third kappa shape index (κ3) is 5.30. The van der Waals surface area contributed by atoms with Crippen LogP contribution in [0.2, 0.25) is 0 Å². The number of aryl methyl sites for hydroxylation is 1. The van der Waals surface area contributed by atoms with Crippen molar-refractivity contribution in [3.63, 3.8) is 0 Å². The van der Waals surface area contributed by atoms with E-state index in [0.717, 1.165) is 17.5 Å². The molecule has 0 radical (unpaired) electrons. The number of hydrogen-bond donors (Lipinski definition) is 0. The van der Waals surface area contributed by atoms with Crippen LogP contribution in [0.4, 0.5) is 4.39 Å². The van der Waals surface area contributed by atoms with Crippen LogP contribution in [0.3, 0.4) is 0 Å². The van der Waals surface area contributed by atoms with Crippen LogP contribution in [0.5, 0.6) is 0 Å². The fourth-order valence-electron chi connectivity index (χ4n) is 1.90. The van der Waals surface area contributed by atoms with Gasteiger partial charge in [0.15, 0.2) is 0 Å². The lowest BCUT2D eigenvalue weighted by Crippen LogP contribution is -1.86. The Balaban J connectivity index is 1.90. The van der Waals surface area contributed by atoms with Crippen molar-refractivity contribution in [3.8, 4) is 0 Å². The third-order valence-corrected chi connectivity index (χ3v) is 3.15. The third-order valence-electron chi connectivity index (χ3n) is 3.15. The highest BCUT2D eigenvalue weighted by Gasteiger charge is 1.92. The van der Waals surface area contributed by atoms with Crippen LogP contribution in [0.1, 0.15) is 36.5 Å². The summed E-state index contributed by atoms with van der Waals surface area (Å²) in [5.74, 6) is -0.251. The molecule has 0 fully saturated rings. The van der Waals surface area contributed by atoms with Gasteiger partial charge in [-0.25, -0.2) is 4.39 Å². The maximum atomic E-state index is 12.7. The zero-order valence-electron chi connectivity index (χ0n) is 12.2. The van der Waals surface area contributed by atoms with Crippen molar-refractivity contribution in [1.29, 1.82) is 0 Å². The second kappa shape index (κ2) is 8.10. The summed E-state index contributed by atoms with van der Waals surface area (Å²) in [5.41, 5.74) is 3.19. The summed E-state index contributed by atoms with van der Waals surface area (Å²) < 4.78 is 12.7. The van der Waals surface area contributed by atoms with Gasteiger partial charge in [-0.2, -0.15) is 10.2 Å². The predicted molar refractivity (Wildman–Crippen MR) is 86.6 cm³/mol. The maximum Gasteiger partial charge on any atom is 0.123 e. The van der Waals surface area contributed by atoms with E-state index in [4.69, 9.17) is 0 Å². The van der Waals surface area contributed by atoms with Gasteiger partial charge in [0, 0.05) is 0 Å². The fourth-order valence-corrected chi connectivity index (χ4v) is 1.90. The van der Waals surface area contributed by atoms with Gasteiger partial charge in [0.25, 0.3) is 0 Å². The highest BCUT2D eigenvalue weighted by Crippen LogP contribution is 2.06. The number of halogens is 1. The van der Waals surface area contributed by atoms with Gasteiger partial charge in [-0.05, 0) is 41.7 Å². The molecular formula is C18H19FN2. The van der Waals surface area contributed by atoms with Crippen molar-refractivity contribution >= 4 is 12.4 Å². The molecule has 2 aromatic rings. The lowest BCUT2D eigenvalue weighted by molar-refractivity contribution is 0.628. The molecule has 2 aromatic carbocycles. The SMILES string of the molecule is CCCCc1ccc(C=NN=Cc2ccc(F)cc2)cc1. The van der Waals surface area contributed by atoms with Crippen molar-refractivity contribution in [2.45, 2.75) is 26.2 Å². The summed E-state index contributed by atoms with van der Waals surface area (Å²) in [4.78, 5) is 0.